The van der Waals surface area contributed by atoms with E-state index in [1.807, 2.05) is 20.8 Å². The summed E-state index contributed by atoms with van der Waals surface area (Å²) >= 11 is 1.05. The number of amides is 1. The normalized spacial score (nSPS) is 12.8. The van der Waals surface area contributed by atoms with Crippen LogP contribution in [0.25, 0.3) is 0 Å². The molecule has 0 fully saturated rings. The van der Waals surface area contributed by atoms with Gasteiger partial charge in [-0.2, -0.15) is 0 Å². The second-order valence-corrected chi connectivity index (χ2v) is 6.31. The van der Waals surface area contributed by atoms with Gasteiger partial charge in [-0.15, -0.1) is 0 Å². The molecule has 0 aromatic heterocycles. The molecule has 0 radical (unpaired) electrons. The van der Waals surface area contributed by atoms with Crippen LogP contribution in [-0.4, -0.2) is 22.4 Å². The molecule has 4 N–H and O–H groups in total. The molecule has 1 amide bonds. The predicted molar refractivity (Wildman–Crippen MR) is 80.6 cm³/mol. The fraction of sp³-hybridized carbons (Fsp3) is 0.429. The molecular weight excluding hydrogens is 276 g/mol. The van der Waals surface area contributed by atoms with Gasteiger partial charge in [0.15, 0.2) is 5.37 Å². The molecule has 0 aliphatic carbocycles. The number of carboxylic acid groups (broad SMARTS) is 1. The smallest absolute Gasteiger partial charge is 0.331 e. The minimum absolute atomic E-state index is 0.0392. The minimum atomic E-state index is -1.06. The van der Waals surface area contributed by atoms with E-state index in [4.69, 9.17) is 10.8 Å². The van der Waals surface area contributed by atoms with Crippen molar-refractivity contribution >= 4 is 29.3 Å². The molecule has 1 aromatic carbocycles. The highest BCUT2D eigenvalue weighted by Crippen LogP contribution is 2.25. The van der Waals surface area contributed by atoms with Crippen molar-refractivity contribution < 1.29 is 14.7 Å². The van der Waals surface area contributed by atoms with Gasteiger partial charge in [0.1, 0.15) is 0 Å². The lowest BCUT2D eigenvalue weighted by atomic mass is 9.89. The van der Waals surface area contributed by atoms with Crippen molar-refractivity contribution in [2.45, 2.75) is 37.5 Å². The molecule has 1 unspecified atom stereocenters. The predicted octanol–water partition coefficient (Wildman–Crippen LogP) is 2.52. The lowest BCUT2D eigenvalue weighted by Gasteiger charge is -2.21. The summed E-state index contributed by atoms with van der Waals surface area (Å²) in [6.45, 7) is 5.74. The van der Waals surface area contributed by atoms with Crippen LogP contribution in [0.5, 0.6) is 0 Å². The molecule has 110 valence electrons. The van der Waals surface area contributed by atoms with Crippen molar-refractivity contribution in [1.29, 1.82) is 0 Å². The molecule has 20 heavy (non-hydrogen) atoms. The number of carbonyl (C=O) groups is 2. The molecule has 0 aliphatic heterocycles. The monoisotopic (exact) mass is 296 g/mol. The van der Waals surface area contributed by atoms with Crippen molar-refractivity contribution in [2.75, 3.05) is 5.32 Å². The quantitative estimate of drug-likeness (QED) is 0.554. The van der Waals surface area contributed by atoms with E-state index in [9.17, 15) is 9.59 Å². The molecule has 1 aromatic rings. The first-order chi connectivity index (χ1) is 9.26. The van der Waals surface area contributed by atoms with Gasteiger partial charge >= 0.3 is 5.97 Å². The number of aliphatic carboxylic acids is 1. The zero-order valence-electron chi connectivity index (χ0n) is 11.8. The third kappa shape index (κ3) is 4.54. The molecule has 0 spiro atoms. The van der Waals surface area contributed by atoms with Gasteiger partial charge in [-0.25, -0.2) is 4.79 Å². The molecule has 1 rings (SSSR count). The van der Waals surface area contributed by atoms with Gasteiger partial charge < -0.3 is 16.2 Å². The molecular formula is C14H20N2O3S. The van der Waals surface area contributed by atoms with Crippen LogP contribution in [0.3, 0.4) is 0 Å². The summed E-state index contributed by atoms with van der Waals surface area (Å²) in [7, 11) is 0. The number of thioether (sulfide) groups is 1. The van der Waals surface area contributed by atoms with E-state index in [-0.39, 0.29) is 5.91 Å². The van der Waals surface area contributed by atoms with E-state index < -0.39 is 16.8 Å². The van der Waals surface area contributed by atoms with Crippen LogP contribution in [-0.2, 0) is 9.59 Å². The second kappa shape index (κ2) is 6.76. The van der Waals surface area contributed by atoms with Gasteiger partial charge in [0.2, 0.25) is 5.91 Å². The van der Waals surface area contributed by atoms with Crippen LogP contribution >= 0.6 is 11.8 Å². The van der Waals surface area contributed by atoms with E-state index in [0.29, 0.717) is 5.69 Å². The van der Waals surface area contributed by atoms with E-state index in [0.717, 1.165) is 23.1 Å². The molecule has 1 atom stereocenters. The number of rotatable bonds is 6. The fourth-order valence-electron chi connectivity index (χ4n) is 1.27. The molecule has 0 aliphatic rings. The number of benzene rings is 1. The SMILES string of the molecule is CCC(C)(C)C(=O)Nc1ccc(SC(N)C(=O)O)cc1. The summed E-state index contributed by atoms with van der Waals surface area (Å²) in [5.41, 5.74) is 5.70. The molecule has 0 heterocycles. The van der Waals surface area contributed by atoms with Gasteiger partial charge in [-0.3, -0.25) is 4.79 Å². The largest absolute Gasteiger partial charge is 0.479 e. The van der Waals surface area contributed by atoms with Gasteiger partial charge in [-0.1, -0.05) is 32.5 Å². The van der Waals surface area contributed by atoms with Crippen LogP contribution in [0.15, 0.2) is 29.2 Å². The average molecular weight is 296 g/mol. The topological polar surface area (TPSA) is 92.4 Å². The van der Waals surface area contributed by atoms with E-state index in [1.54, 1.807) is 24.3 Å². The zero-order chi connectivity index (χ0) is 15.3. The fourth-order valence-corrected chi connectivity index (χ4v) is 1.96. The molecule has 5 nitrogen and oxygen atoms in total. The number of carboxylic acids is 1. The van der Waals surface area contributed by atoms with Crippen LogP contribution in [0.1, 0.15) is 27.2 Å². The molecule has 0 bridgehead atoms. The van der Waals surface area contributed by atoms with Crippen LogP contribution in [0, 0.1) is 5.41 Å². The van der Waals surface area contributed by atoms with Gasteiger partial charge in [0, 0.05) is 16.0 Å². The van der Waals surface area contributed by atoms with Gasteiger partial charge in [0.05, 0.1) is 0 Å². The third-order valence-corrected chi connectivity index (χ3v) is 4.12. The maximum Gasteiger partial charge on any atom is 0.331 e. The van der Waals surface area contributed by atoms with Crippen molar-refractivity contribution in [2.24, 2.45) is 11.1 Å². The number of nitrogens with two attached hydrogens (primary N) is 1. The highest BCUT2D eigenvalue weighted by Gasteiger charge is 2.25. The van der Waals surface area contributed by atoms with Crippen molar-refractivity contribution in [1.82, 2.24) is 0 Å². The highest BCUT2D eigenvalue weighted by molar-refractivity contribution is 8.00. The lowest BCUT2D eigenvalue weighted by molar-refractivity contribution is -0.136. The highest BCUT2D eigenvalue weighted by atomic mass is 32.2. The van der Waals surface area contributed by atoms with Crippen LogP contribution in [0.2, 0.25) is 0 Å². The van der Waals surface area contributed by atoms with Gasteiger partial charge in [-0.05, 0) is 30.7 Å². The van der Waals surface area contributed by atoms with Crippen molar-refractivity contribution in [3.8, 4) is 0 Å². The number of carbonyl (C=O) groups excluding carboxylic acids is 1. The Labute approximate surface area is 122 Å². The number of anilines is 1. The van der Waals surface area contributed by atoms with Gasteiger partial charge in [0.25, 0.3) is 0 Å². The maximum atomic E-state index is 12.0. The minimum Gasteiger partial charge on any atom is -0.479 e. The first-order valence-corrected chi connectivity index (χ1v) is 7.21. The number of nitrogens with one attached hydrogen (secondary N) is 1. The Kier molecular flexibility index (Phi) is 5.59. The summed E-state index contributed by atoms with van der Waals surface area (Å²) in [5, 5.41) is 10.6. The third-order valence-electron chi connectivity index (χ3n) is 3.12. The van der Waals surface area contributed by atoms with E-state index in [1.165, 1.54) is 0 Å². The number of hydrogen-bond acceptors (Lipinski definition) is 4. The van der Waals surface area contributed by atoms with Crippen LogP contribution < -0.4 is 11.1 Å². The summed E-state index contributed by atoms with van der Waals surface area (Å²) in [6.07, 6.45) is 0.750. The Morgan fingerprint density at radius 1 is 1.35 bits per heavy atom. The summed E-state index contributed by atoms with van der Waals surface area (Å²) in [4.78, 5) is 23.4. The first kappa shape index (κ1) is 16.5. The molecule has 0 saturated heterocycles. The Bertz CT molecular complexity index is 486. The van der Waals surface area contributed by atoms with Crippen molar-refractivity contribution in [3.05, 3.63) is 24.3 Å². The Morgan fingerprint density at radius 3 is 2.35 bits per heavy atom. The summed E-state index contributed by atoms with van der Waals surface area (Å²) in [6, 6.07) is 6.95. The van der Waals surface area contributed by atoms with E-state index in [2.05, 4.69) is 5.32 Å². The summed E-state index contributed by atoms with van der Waals surface area (Å²) < 4.78 is 0. The Balaban J connectivity index is 2.68. The molecule has 6 heteroatoms. The zero-order valence-corrected chi connectivity index (χ0v) is 12.7. The Hall–Kier alpha value is -1.53. The Morgan fingerprint density at radius 2 is 1.90 bits per heavy atom. The average Bonchev–Trinajstić information content (AvgIpc) is 2.40. The molecule has 0 saturated carbocycles. The van der Waals surface area contributed by atoms with E-state index >= 15 is 0 Å². The second-order valence-electron chi connectivity index (χ2n) is 5.09. The first-order valence-electron chi connectivity index (χ1n) is 6.33. The maximum absolute atomic E-state index is 12.0. The standard InChI is InChI=1S/C14H20N2O3S/c1-4-14(2,3)13(19)16-9-5-7-10(8-6-9)20-11(15)12(17)18/h5-8,11H,4,15H2,1-3H3,(H,16,19)(H,17,18). The summed E-state index contributed by atoms with van der Waals surface area (Å²) in [5.74, 6) is -1.10. The van der Waals surface area contributed by atoms with Crippen LogP contribution in [0.4, 0.5) is 5.69 Å². The lowest BCUT2D eigenvalue weighted by Crippen LogP contribution is -2.29. The van der Waals surface area contributed by atoms with Crippen molar-refractivity contribution in [3.63, 3.8) is 0 Å². The number of hydrogen-bond donors (Lipinski definition) is 3.